The van der Waals surface area contributed by atoms with Crippen LogP contribution >= 0.6 is 0 Å². The Morgan fingerprint density at radius 2 is 2.13 bits per heavy atom. The van der Waals surface area contributed by atoms with Crippen LogP contribution in [0, 0.1) is 5.21 Å². The van der Waals surface area contributed by atoms with Gasteiger partial charge in [0.15, 0.2) is 12.4 Å². The smallest absolute Gasteiger partial charge is 0.269 e. The number of nitrogens with zero attached hydrogens (tertiary/aromatic N) is 3. The third kappa shape index (κ3) is 3.15. The molecule has 0 aliphatic carbocycles. The summed E-state index contributed by atoms with van der Waals surface area (Å²) in [5.41, 5.74) is 6.67. The zero-order chi connectivity index (χ0) is 16.4. The molecular formula is C15H17N5O3. The van der Waals surface area contributed by atoms with Gasteiger partial charge in [-0.3, -0.25) is 14.7 Å². The Hall–Kier alpha value is -2.90. The Kier molecular flexibility index (Phi) is 3.96. The van der Waals surface area contributed by atoms with Gasteiger partial charge in [0.25, 0.3) is 11.8 Å². The van der Waals surface area contributed by atoms with Gasteiger partial charge < -0.3 is 15.8 Å². The SMILES string of the molecule is NC(=O)c1cc(C2CCN(C(=O)c3ccc[n+]([O-])c3)CC2)[nH]n1. The summed E-state index contributed by atoms with van der Waals surface area (Å²) in [5.74, 6) is -0.494. The highest BCUT2D eigenvalue weighted by atomic mass is 16.5. The van der Waals surface area contributed by atoms with Crippen molar-refractivity contribution in [1.29, 1.82) is 0 Å². The molecule has 3 rings (SSSR count). The maximum absolute atomic E-state index is 12.4. The fourth-order valence-corrected chi connectivity index (χ4v) is 2.83. The first-order chi connectivity index (χ1) is 11.0. The molecule has 2 aromatic heterocycles. The molecule has 1 fully saturated rings. The largest absolute Gasteiger partial charge is 0.619 e. The summed E-state index contributed by atoms with van der Waals surface area (Å²) in [4.78, 5) is 25.2. The summed E-state index contributed by atoms with van der Waals surface area (Å²) in [6.07, 6.45) is 4.15. The monoisotopic (exact) mass is 315 g/mol. The summed E-state index contributed by atoms with van der Waals surface area (Å²) in [6.45, 7) is 1.17. The number of likely N-dealkylation sites (tertiary alicyclic amines) is 1. The van der Waals surface area contributed by atoms with Gasteiger partial charge in [-0.05, 0) is 25.0 Å². The molecule has 0 aromatic carbocycles. The second kappa shape index (κ2) is 6.07. The van der Waals surface area contributed by atoms with Crippen LogP contribution in [0.4, 0.5) is 0 Å². The lowest BCUT2D eigenvalue weighted by Gasteiger charge is -2.31. The van der Waals surface area contributed by atoms with Crippen molar-refractivity contribution in [1.82, 2.24) is 15.1 Å². The molecule has 0 unspecified atom stereocenters. The van der Waals surface area contributed by atoms with Gasteiger partial charge in [-0.25, -0.2) is 0 Å². The molecule has 1 aliphatic heterocycles. The molecule has 8 heteroatoms. The van der Waals surface area contributed by atoms with Crippen molar-refractivity contribution in [2.24, 2.45) is 5.73 Å². The van der Waals surface area contributed by atoms with Gasteiger partial charge in [-0.2, -0.15) is 9.83 Å². The Morgan fingerprint density at radius 3 is 2.74 bits per heavy atom. The van der Waals surface area contributed by atoms with E-state index in [0.717, 1.165) is 18.5 Å². The van der Waals surface area contributed by atoms with Gasteiger partial charge in [0.2, 0.25) is 0 Å². The molecule has 1 saturated heterocycles. The molecule has 0 saturated carbocycles. The number of aromatic amines is 1. The van der Waals surface area contributed by atoms with Crippen molar-refractivity contribution in [2.45, 2.75) is 18.8 Å². The van der Waals surface area contributed by atoms with Crippen LogP contribution in [0.3, 0.4) is 0 Å². The molecule has 120 valence electrons. The van der Waals surface area contributed by atoms with Crippen molar-refractivity contribution in [3.63, 3.8) is 0 Å². The minimum absolute atomic E-state index is 0.143. The van der Waals surface area contributed by atoms with Crippen LogP contribution in [-0.4, -0.2) is 40.0 Å². The van der Waals surface area contributed by atoms with Gasteiger partial charge >= 0.3 is 0 Å². The second-order valence-electron chi connectivity index (χ2n) is 5.59. The first-order valence-corrected chi connectivity index (χ1v) is 7.38. The first kappa shape index (κ1) is 15.0. The van der Waals surface area contributed by atoms with Crippen LogP contribution in [0.5, 0.6) is 0 Å². The summed E-state index contributed by atoms with van der Waals surface area (Å²) in [7, 11) is 0. The van der Waals surface area contributed by atoms with E-state index in [4.69, 9.17) is 5.73 Å². The van der Waals surface area contributed by atoms with Crippen LogP contribution in [0.15, 0.2) is 30.6 Å². The normalized spacial score (nSPS) is 15.6. The number of carbonyl (C=O) groups is 2. The number of aromatic nitrogens is 3. The van der Waals surface area contributed by atoms with Crippen molar-refractivity contribution in [2.75, 3.05) is 13.1 Å². The summed E-state index contributed by atoms with van der Waals surface area (Å²) < 4.78 is 0.621. The molecule has 2 aromatic rings. The topological polar surface area (TPSA) is 119 Å². The number of piperidine rings is 1. The highest BCUT2D eigenvalue weighted by molar-refractivity contribution is 5.93. The second-order valence-corrected chi connectivity index (χ2v) is 5.59. The number of primary amides is 1. The predicted molar refractivity (Wildman–Crippen MR) is 80.4 cm³/mol. The quantitative estimate of drug-likeness (QED) is 0.619. The average Bonchev–Trinajstić information content (AvgIpc) is 3.04. The average molecular weight is 315 g/mol. The highest BCUT2D eigenvalue weighted by Crippen LogP contribution is 2.27. The zero-order valence-corrected chi connectivity index (χ0v) is 12.4. The van der Waals surface area contributed by atoms with E-state index in [2.05, 4.69) is 10.2 Å². The van der Waals surface area contributed by atoms with E-state index in [-0.39, 0.29) is 17.5 Å². The third-order valence-electron chi connectivity index (χ3n) is 4.09. The summed E-state index contributed by atoms with van der Waals surface area (Å²) in [6, 6.07) is 4.86. The summed E-state index contributed by atoms with van der Waals surface area (Å²) in [5, 5.41) is 18.0. The molecule has 1 aliphatic rings. The van der Waals surface area contributed by atoms with E-state index in [1.54, 1.807) is 23.1 Å². The number of H-pyrrole nitrogens is 1. The number of nitrogens with one attached hydrogen (secondary N) is 1. The van der Waals surface area contributed by atoms with E-state index >= 15 is 0 Å². The lowest BCUT2D eigenvalue weighted by molar-refractivity contribution is -0.605. The van der Waals surface area contributed by atoms with Crippen LogP contribution in [0.1, 0.15) is 45.3 Å². The molecule has 23 heavy (non-hydrogen) atoms. The van der Waals surface area contributed by atoms with Gasteiger partial charge in [-0.15, -0.1) is 0 Å². The Morgan fingerprint density at radius 1 is 1.39 bits per heavy atom. The molecule has 3 N–H and O–H groups in total. The van der Waals surface area contributed by atoms with E-state index in [1.165, 1.54) is 12.4 Å². The molecule has 0 spiro atoms. The molecule has 0 atom stereocenters. The number of hydrogen-bond donors (Lipinski definition) is 2. The molecular weight excluding hydrogens is 298 g/mol. The third-order valence-corrected chi connectivity index (χ3v) is 4.09. The number of nitrogens with two attached hydrogens (primary N) is 1. The maximum Gasteiger partial charge on any atom is 0.269 e. The highest BCUT2D eigenvalue weighted by Gasteiger charge is 2.26. The Bertz CT molecular complexity index is 734. The maximum atomic E-state index is 12.4. The van der Waals surface area contributed by atoms with Gasteiger partial charge in [0, 0.05) is 30.8 Å². The number of rotatable bonds is 3. The molecule has 8 nitrogen and oxygen atoms in total. The number of carbonyl (C=O) groups excluding carboxylic acids is 2. The van der Waals surface area contributed by atoms with Gasteiger partial charge in [-0.1, -0.05) is 0 Å². The van der Waals surface area contributed by atoms with Crippen LogP contribution in [0.2, 0.25) is 0 Å². The lowest BCUT2D eigenvalue weighted by Crippen LogP contribution is -2.39. The van der Waals surface area contributed by atoms with Gasteiger partial charge in [0.05, 0.1) is 0 Å². The minimum atomic E-state index is -0.560. The fourth-order valence-electron chi connectivity index (χ4n) is 2.83. The minimum Gasteiger partial charge on any atom is -0.619 e. The first-order valence-electron chi connectivity index (χ1n) is 7.38. The summed E-state index contributed by atoms with van der Waals surface area (Å²) >= 11 is 0. The fraction of sp³-hybridized carbons (Fsp3) is 0.333. The van der Waals surface area contributed by atoms with E-state index in [1.807, 2.05) is 0 Å². The van der Waals surface area contributed by atoms with Crippen molar-refractivity contribution < 1.29 is 14.3 Å². The number of pyridine rings is 1. The standard InChI is InChI=1S/C15H17N5O3/c16-14(21)13-8-12(17-18-13)10-3-6-19(7-4-10)15(22)11-2-1-5-20(23)9-11/h1-2,5,8-10H,3-4,6-7H2,(H2,16,21)(H,17,18). The molecule has 2 amide bonds. The molecule has 0 radical (unpaired) electrons. The van der Waals surface area contributed by atoms with Crippen LogP contribution < -0.4 is 10.5 Å². The van der Waals surface area contributed by atoms with Crippen molar-refractivity contribution >= 4 is 11.8 Å². The van der Waals surface area contributed by atoms with Crippen molar-refractivity contribution in [3.05, 3.63) is 52.8 Å². The van der Waals surface area contributed by atoms with E-state index < -0.39 is 5.91 Å². The Balaban J connectivity index is 1.63. The van der Waals surface area contributed by atoms with Crippen LogP contribution in [-0.2, 0) is 0 Å². The lowest BCUT2D eigenvalue weighted by atomic mass is 9.93. The number of hydrogen-bond acceptors (Lipinski definition) is 4. The van der Waals surface area contributed by atoms with Gasteiger partial charge in [0.1, 0.15) is 11.3 Å². The molecule has 3 heterocycles. The van der Waals surface area contributed by atoms with E-state index in [0.29, 0.717) is 23.4 Å². The Labute approximate surface area is 132 Å². The molecule has 0 bridgehead atoms. The van der Waals surface area contributed by atoms with Crippen molar-refractivity contribution in [3.8, 4) is 0 Å². The predicted octanol–water partition coefficient (Wildman–Crippen LogP) is 0.162. The number of amides is 2. The van der Waals surface area contributed by atoms with E-state index in [9.17, 15) is 14.8 Å². The zero-order valence-electron chi connectivity index (χ0n) is 12.4. The van der Waals surface area contributed by atoms with Crippen LogP contribution in [0.25, 0.3) is 0 Å².